The molecule has 1 saturated heterocycles. The lowest BCUT2D eigenvalue weighted by molar-refractivity contribution is 0.0764. The highest BCUT2D eigenvalue weighted by Crippen LogP contribution is 2.29. The number of hydrogen-bond donors (Lipinski definition) is 2. The minimum absolute atomic E-state index is 0.217. The number of carbonyl (C=O) groups is 1. The molecule has 0 aromatic heterocycles. The maximum absolute atomic E-state index is 14.7. The van der Waals surface area contributed by atoms with Crippen LogP contribution in [0.25, 0.3) is 0 Å². The van der Waals surface area contributed by atoms with E-state index in [1.165, 1.54) is 31.4 Å². The predicted octanol–water partition coefficient (Wildman–Crippen LogP) is 3.68. The maximum Gasteiger partial charge on any atom is 0.255 e. The third-order valence-corrected chi connectivity index (χ3v) is 5.53. The lowest BCUT2D eigenvalue weighted by Gasteiger charge is -2.35. The van der Waals surface area contributed by atoms with E-state index >= 15 is 0 Å². The number of piperidine rings is 1. The van der Waals surface area contributed by atoms with Gasteiger partial charge in [0, 0.05) is 25.7 Å². The molecule has 9 heteroatoms. The van der Waals surface area contributed by atoms with Crippen LogP contribution in [0.1, 0.15) is 23.2 Å². The topological polar surface area (TPSA) is 76.8 Å². The molecule has 1 unspecified atom stereocenters. The molecule has 2 aromatic rings. The largest absolute Gasteiger partial charge is 0.496 e. The van der Waals surface area contributed by atoms with Gasteiger partial charge in [0.25, 0.3) is 5.91 Å². The van der Waals surface area contributed by atoms with Crippen molar-refractivity contribution in [3.05, 3.63) is 52.8 Å². The molecule has 31 heavy (non-hydrogen) atoms. The van der Waals surface area contributed by atoms with Crippen LogP contribution in [0.4, 0.5) is 14.5 Å². The lowest BCUT2D eigenvalue weighted by atomic mass is 10.0. The number of nitrogens with two attached hydrogens (primary N) is 1. The monoisotopic (exact) mass is 453 g/mol. The Labute approximate surface area is 185 Å². The van der Waals surface area contributed by atoms with Gasteiger partial charge in [-0.05, 0) is 43.2 Å². The molecular formula is C22H26ClF2N3O3. The Bertz CT molecular complexity index is 898. The summed E-state index contributed by atoms with van der Waals surface area (Å²) in [6.45, 7) is 2.00. The van der Waals surface area contributed by atoms with Crippen molar-refractivity contribution in [3.8, 4) is 11.5 Å². The number of nitrogen functional groups attached to an aromatic ring is 1. The van der Waals surface area contributed by atoms with Crippen molar-refractivity contribution in [2.45, 2.75) is 25.1 Å². The fourth-order valence-corrected chi connectivity index (χ4v) is 3.67. The molecule has 3 rings (SSSR count). The second-order valence-corrected chi connectivity index (χ2v) is 7.82. The van der Waals surface area contributed by atoms with E-state index in [0.29, 0.717) is 44.0 Å². The Morgan fingerprint density at radius 1 is 1.32 bits per heavy atom. The van der Waals surface area contributed by atoms with Gasteiger partial charge in [-0.15, -0.1) is 0 Å². The molecule has 1 amide bonds. The van der Waals surface area contributed by atoms with Gasteiger partial charge < -0.3 is 25.4 Å². The van der Waals surface area contributed by atoms with E-state index in [0.717, 1.165) is 0 Å². The summed E-state index contributed by atoms with van der Waals surface area (Å²) in [6, 6.07) is 8.14. The fourth-order valence-electron chi connectivity index (χ4n) is 3.50. The smallest absolute Gasteiger partial charge is 0.255 e. The summed E-state index contributed by atoms with van der Waals surface area (Å²) in [6.07, 6.45) is -0.00935. The second kappa shape index (κ2) is 10.6. The third-order valence-electron chi connectivity index (χ3n) is 5.21. The molecule has 0 spiro atoms. The average Bonchev–Trinajstić information content (AvgIpc) is 2.75. The number of carbonyl (C=O) groups excluding carboxylic acids is 1. The van der Waals surface area contributed by atoms with Crippen molar-refractivity contribution in [2.24, 2.45) is 0 Å². The molecule has 1 aliphatic rings. The SMILES string of the molecule is COc1cc(N)c(Cl)cc1C(=O)NC1CCN(CCCOc2ccc(F)cc2)C[C@H]1F. The Morgan fingerprint density at radius 2 is 2.06 bits per heavy atom. The van der Waals surface area contributed by atoms with Gasteiger partial charge in [0.2, 0.25) is 0 Å². The van der Waals surface area contributed by atoms with Crippen molar-refractivity contribution >= 4 is 23.2 Å². The zero-order valence-electron chi connectivity index (χ0n) is 17.2. The van der Waals surface area contributed by atoms with Crippen molar-refractivity contribution < 1.29 is 23.0 Å². The number of anilines is 1. The molecule has 1 aliphatic heterocycles. The van der Waals surface area contributed by atoms with E-state index in [9.17, 15) is 13.6 Å². The second-order valence-electron chi connectivity index (χ2n) is 7.42. The first-order valence-corrected chi connectivity index (χ1v) is 10.4. The summed E-state index contributed by atoms with van der Waals surface area (Å²) in [4.78, 5) is 14.6. The number of likely N-dealkylation sites (tertiary alicyclic amines) is 1. The Kier molecular flexibility index (Phi) is 7.92. The first-order valence-electron chi connectivity index (χ1n) is 10.1. The predicted molar refractivity (Wildman–Crippen MR) is 116 cm³/mol. The summed E-state index contributed by atoms with van der Waals surface area (Å²) in [7, 11) is 1.43. The van der Waals surface area contributed by atoms with E-state index < -0.39 is 18.1 Å². The average molecular weight is 454 g/mol. The fraction of sp³-hybridized carbons (Fsp3) is 0.409. The van der Waals surface area contributed by atoms with E-state index in [1.54, 1.807) is 12.1 Å². The summed E-state index contributed by atoms with van der Waals surface area (Å²) >= 11 is 6.02. The molecular weight excluding hydrogens is 428 g/mol. The van der Waals surface area contributed by atoms with Crippen LogP contribution in [0, 0.1) is 5.82 Å². The van der Waals surface area contributed by atoms with Gasteiger partial charge >= 0.3 is 0 Å². The highest BCUT2D eigenvalue weighted by Gasteiger charge is 2.31. The van der Waals surface area contributed by atoms with Gasteiger partial charge in [-0.1, -0.05) is 11.6 Å². The van der Waals surface area contributed by atoms with Crippen LogP contribution in [0.5, 0.6) is 11.5 Å². The van der Waals surface area contributed by atoms with Crippen LogP contribution >= 0.6 is 11.6 Å². The van der Waals surface area contributed by atoms with E-state index in [-0.39, 0.29) is 28.7 Å². The molecule has 2 atom stereocenters. The van der Waals surface area contributed by atoms with Crippen molar-refractivity contribution in [1.29, 1.82) is 0 Å². The number of rotatable bonds is 8. The van der Waals surface area contributed by atoms with Crippen LogP contribution in [0.3, 0.4) is 0 Å². The minimum Gasteiger partial charge on any atom is -0.496 e. The summed E-state index contributed by atoms with van der Waals surface area (Å²) < 4.78 is 38.4. The van der Waals surface area contributed by atoms with E-state index in [2.05, 4.69) is 5.32 Å². The van der Waals surface area contributed by atoms with Crippen molar-refractivity contribution in [1.82, 2.24) is 10.2 Å². The highest BCUT2D eigenvalue weighted by molar-refractivity contribution is 6.33. The van der Waals surface area contributed by atoms with Crippen LogP contribution < -0.4 is 20.5 Å². The molecule has 1 heterocycles. The number of alkyl halides is 1. The number of hydrogen-bond acceptors (Lipinski definition) is 5. The van der Waals surface area contributed by atoms with Gasteiger partial charge in [0.05, 0.1) is 36.0 Å². The normalized spacial score (nSPS) is 19.1. The van der Waals surface area contributed by atoms with E-state index in [4.69, 9.17) is 26.8 Å². The number of nitrogens with zero attached hydrogens (tertiary/aromatic N) is 1. The third kappa shape index (κ3) is 6.21. The number of nitrogens with one attached hydrogen (secondary N) is 1. The standard InChI is InChI=1S/C22H26ClF2N3O3/c1-30-21-12-19(26)17(23)11-16(21)22(29)27-20-7-9-28(13-18(20)25)8-2-10-31-15-5-3-14(24)4-6-15/h3-6,11-12,18,20H,2,7-10,13,26H2,1H3,(H,27,29)/t18-,20?/m1/s1. The van der Waals surface area contributed by atoms with Crippen molar-refractivity contribution in [3.63, 3.8) is 0 Å². The molecule has 0 radical (unpaired) electrons. The van der Waals surface area contributed by atoms with Crippen molar-refractivity contribution in [2.75, 3.05) is 39.1 Å². The summed E-state index contributed by atoms with van der Waals surface area (Å²) in [5.74, 6) is 0.125. The highest BCUT2D eigenvalue weighted by atomic mass is 35.5. The molecule has 3 N–H and O–H groups in total. The Hall–Kier alpha value is -2.58. The molecule has 168 valence electrons. The number of methoxy groups -OCH3 is 1. The number of benzene rings is 2. The van der Waals surface area contributed by atoms with Gasteiger partial charge in [0.15, 0.2) is 0 Å². The number of ether oxygens (including phenoxy) is 2. The molecule has 0 aliphatic carbocycles. The quantitative estimate of drug-likeness (QED) is 0.471. The van der Waals surface area contributed by atoms with Gasteiger partial charge in [-0.2, -0.15) is 0 Å². The zero-order valence-corrected chi connectivity index (χ0v) is 18.0. The molecule has 0 bridgehead atoms. The number of amides is 1. The lowest BCUT2D eigenvalue weighted by Crippen LogP contribution is -2.52. The Balaban J connectivity index is 1.45. The molecule has 1 fully saturated rings. The maximum atomic E-state index is 14.7. The first-order chi connectivity index (χ1) is 14.9. The summed E-state index contributed by atoms with van der Waals surface area (Å²) in [5.41, 5.74) is 6.26. The summed E-state index contributed by atoms with van der Waals surface area (Å²) in [5, 5.41) is 2.98. The van der Waals surface area contributed by atoms with Crippen LogP contribution in [0.15, 0.2) is 36.4 Å². The molecule has 6 nitrogen and oxygen atoms in total. The van der Waals surface area contributed by atoms with E-state index in [1.807, 2.05) is 4.90 Å². The minimum atomic E-state index is -1.20. The Morgan fingerprint density at radius 3 is 2.74 bits per heavy atom. The first kappa shape index (κ1) is 23.1. The van der Waals surface area contributed by atoms with Gasteiger partial charge in [0.1, 0.15) is 23.5 Å². The van der Waals surface area contributed by atoms with Crippen LogP contribution in [-0.2, 0) is 0 Å². The van der Waals surface area contributed by atoms with Crippen LogP contribution in [0.2, 0.25) is 5.02 Å². The number of halogens is 3. The van der Waals surface area contributed by atoms with Crippen LogP contribution in [-0.4, -0.2) is 56.4 Å². The van der Waals surface area contributed by atoms with Gasteiger partial charge in [-0.25, -0.2) is 8.78 Å². The van der Waals surface area contributed by atoms with Gasteiger partial charge in [-0.3, -0.25) is 4.79 Å². The zero-order chi connectivity index (χ0) is 22.4. The molecule has 0 saturated carbocycles. The molecule has 2 aromatic carbocycles.